The van der Waals surface area contributed by atoms with Crippen molar-refractivity contribution >= 4 is 17.3 Å². The summed E-state index contributed by atoms with van der Waals surface area (Å²) in [6.45, 7) is 0.377. The van der Waals surface area contributed by atoms with Crippen LogP contribution in [0.5, 0.6) is 0 Å². The van der Waals surface area contributed by atoms with E-state index in [4.69, 9.17) is 5.11 Å². The molecule has 0 spiro atoms. The van der Waals surface area contributed by atoms with Gasteiger partial charge < -0.3 is 10.0 Å². The Labute approximate surface area is 118 Å². The number of nitrogens with zero attached hydrogens (tertiary/aromatic N) is 1. The van der Waals surface area contributed by atoms with Crippen LogP contribution < -0.4 is 4.90 Å². The Bertz CT molecular complexity index is 746. The molecule has 0 aromatic heterocycles. The number of hydrogen-bond donors (Lipinski definition) is 1. The Balaban J connectivity index is 2.10. The van der Waals surface area contributed by atoms with Gasteiger partial charge in [-0.1, -0.05) is 6.07 Å². The molecule has 0 saturated heterocycles. The van der Waals surface area contributed by atoms with E-state index < -0.39 is 29.0 Å². The van der Waals surface area contributed by atoms with Crippen molar-refractivity contribution in [1.29, 1.82) is 0 Å². The summed E-state index contributed by atoms with van der Waals surface area (Å²) in [5.41, 5.74) is 0.478. The highest BCUT2D eigenvalue weighted by Gasteiger charge is 2.26. The predicted molar refractivity (Wildman–Crippen MR) is 70.4 cm³/mol. The van der Waals surface area contributed by atoms with E-state index in [1.54, 1.807) is 6.07 Å². The summed E-state index contributed by atoms with van der Waals surface area (Å²) < 4.78 is 41.2. The number of halogens is 3. The van der Waals surface area contributed by atoms with Gasteiger partial charge in [0.15, 0.2) is 11.6 Å². The Hall–Kier alpha value is -2.50. The molecule has 0 amide bonds. The van der Waals surface area contributed by atoms with Crippen molar-refractivity contribution in [3.05, 3.63) is 58.9 Å². The van der Waals surface area contributed by atoms with E-state index in [9.17, 15) is 18.0 Å². The number of anilines is 2. The molecule has 1 heterocycles. The van der Waals surface area contributed by atoms with Crippen LogP contribution in [-0.2, 0) is 6.42 Å². The highest BCUT2D eigenvalue weighted by molar-refractivity contribution is 5.89. The number of hydrogen-bond acceptors (Lipinski definition) is 2. The van der Waals surface area contributed by atoms with Gasteiger partial charge in [-0.2, -0.15) is 0 Å². The van der Waals surface area contributed by atoms with Crippen LogP contribution in [0.15, 0.2) is 30.3 Å². The molecule has 0 bridgehead atoms. The molecule has 1 N–H and O–H groups in total. The molecule has 1 aliphatic rings. The van der Waals surface area contributed by atoms with E-state index in [1.807, 2.05) is 0 Å². The van der Waals surface area contributed by atoms with Crippen molar-refractivity contribution in [2.75, 3.05) is 11.4 Å². The number of carbonyl (C=O) groups is 1. The van der Waals surface area contributed by atoms with Crippen LogP contribution in [0.1, 0.15) is 15.9 Å². The minimum Gasteiger partial charge on any atom is -0.478 e. The van der Waals surface area contributed by atoms with Crippen LogP contribution in [-0.4, -0.2) is 17.6 Å². The SMILES string of the molecule is O=C(O)c1ccc(N2CCc3ccc(F)cc32)c(F)c1F. The zero-order valence-electron chi connectivity index (χ0n) is 10.7. The molecule has 2 aromatic rings. The normalized spacial score (nSPS) is 13.4. The molecule has 21 heavy (non-hydrogen) atoms. The number of rotatable bonds is 2. The molecular formula is C15H10F3NO2. The molecule has 0 aliphatic carbocycles. The van der Waals surface area contributed by atoms with Gasteiger partial charge in [0, 0.05) is 12.2 Å². The van der Waals surface area contributed by atoms with E-state index in [1.165, 1.54) is 23.1 Å². The van der Waals surface area contributed by atoms with Gasteiger partial charge in [-0.25, -0.2) is 18.0 Å². The van der Waals surface area contributed by atoms with Gasteiger partial charge in [0.1, 0.15) is 5.82 Å². The second-order valence-electron chi connectivity index (χ2n) is 4.74. The second-order valence-corrected chi connectivity index (χ2v) is 4.74. The summed E-state index contributed by atoms with van der Waals surface area (Å²) in [5.74, 6) is -4.66. The maximum atomic E-state index is 14.1. The second kappa shape index (κ2) is 4.80. The van der Waals surface area contributed by atoms with Crippen LogP contribution in [0.4, 0.5) is 24.5 Å². The minimum atomic E-state index is -1.54. The first-order valence-electron chi connectivity index (χ1n) is 6.26. The Morgan fingerprint density at radius 3 is 2.52 bits per heavy atom. The maximum Gasteiger partial charge on any atom is 0.338 e. The number of aromatic carboxylic acids is 1. The Kier molecular flexibility index (Phi) is 3.08. The van der Waals surface area contributed by atoms with Crippen LogP contribution in [0.3, 0.4) is 0 Å². The van der Waals surface area contributed by atoms with E-state index in [0.29, 0.717) is 18.7 Å². The summed E-state index contributed by atoms with van der Waals surface area (Å²) in [4.78, 5) is 12.2. The van der Waals surface area contributed by atoms with Gasteiger partial charge in [0.05, 0.1) is 11.3 Å². The summed E-state index contributed by atoms with van der Waals surface area (Å²) in [7, 11) is 0. The highest BCUT2D eigenvalue weighted by Crippen LogP contribution is 2.37. The average molecular weight is 293 g/mol. The highest BCUT2D eigenvalue weighted by atomic mass is 19.2. The molecule has 0 saturated carbocycles. The van der Waals surface area contributed by atoms with Gasteiger partial charge in [0.2, 0.25) is 0 Å². The van der Waals surface area contributed by atoms with E-state index in [2.05, 4.69) is 0 Å². The van der Waals surface area contributed by atoms with Gasteiger partial charge in [-0.05, 0) is 36.2 Å². The van der Waals surface area contributed by atoms with E-state index in [0.717, 1.165) is 11.6 Å². The smallest absolute Gasteiger partial charge is 0.338 e. The average Bonchev–Trinajstić information content (AvgIpc) is 2.84. The van der Waals surface area contributed by atoms with Crippen LogP contribution in [0, 0.1) is 17.5 Å². The number of carboxylic acids is 1. The minimum absolute atomic E-state index is 0.0955. The van der Waals surface area contributed by atoms with Crippen molar-refractivity contribution in [2.24, 2.45) is 0 Å². The lowest BCUT2D eigenvalue weighted by atomic mass is 10.1. The lowest BCUT2D eigenvalue weighted by Crippen LogP contribution is -2.17. The fraction of sp³-hybridized carbons (Fsp3) is 0.133. The summed E-state index contributed by atoms with van der Waals surface area (Å²) in [6, 6.07) is 6.37. The molecule has 0 radical (unpaired) electrons. The Morgan fingerprint density at radius 2 is 1.81 bits per heavy atom. The molecule has 0 unspecified atom stereocenters. The zero-order valence-corrected chi connectivity index (χ0v) is 10.7. The van der Waals surface area contributed by atoms with Crippen LogP contribution in [0.2, 0.25) is 0 Å². The monoisotopic (exact) mass is 293 g/mol. The summed E-state index contributed by atoms with van der Waals surface area (Å²) in [5, 5.41) is 8.77. The molecular weight excluding hydrogens is 283 g/mol. The van der Waals surface area contributed by atoms with Gasteiger partial charge in [-0.3, -0.25) is 0 Å². The summed E-state index contributed by atoms with van der Waals surface area (Å²) in [6.07, 6.45) is 0.581. The lowest BCUT2D eigenvalue weighted by Gasteiger charge is -2.20. The van der Waals surface area contributed by atoms with Gasteiger partial charge >= 0.3 is 5.97 Å². The van der Waals surface area contributed by atoms with Crippen molar-refractivity contribution in [3.63, 3.8) is 0 Å². The van der Waals surface area contributed by atoms with E-state index >= 15 is 0 Å². The number of fused-ring (bicyclic) bond motifs is 1. The Morgan fingerprint density at radius 1 is 1.05 bits per heavy atom. The third-order valence-electron chi connectivity index (χ3n) is 3.53. The summed E-state index contributed by atoms with van der Waals surface area (Å²) >= 11 is 0. The fourth-order valence-corrected chi connectivity index (χ4v) is 2.52. The standard InChI is InChI=1S/C15H10F3NO2/c16-9-2-1-8-5-6-19(12(8)7-9)11-4-3-10(15(20)21)13(17)14(11)18/h1-4,7H,5-6H2,(H,20,21). The van der Waals surface area contributed by atoms with Crippen LogP contribution in [0.25, 0.3) is 0 Å². The fourth-order valence-electron chi connectivity index (χ4n) is 2.52. The van der Waals surface area contributed by atoms with Crippen molar-refractivity contribution < 1.29 is 23.1 Å². The number of benzene rings is 2. The predicted octanol–water partition coefficient (Wildman–Crippen LogP) is 3.50. The molecule has 0 fully saturated rings. The third-order valence-corrected chi connectivity index (χ3v) is 3.53. The number of carboxylic acid groups (broad SMARTS) is 1. The first kappa shape index (κ1) is 13.5. The van der Waals surface area contributed by atoms with Gasteiger partial charge in [-0.15, -0.1) is 0 Å². The maximum absolute atomic E-state index is 14.1. The van der Waals surface area contributed by atoms with Crippen molar-refractivity contribution in [2.45, 2.75) is 6.42 Å². The largest absolute Gasteiger partial charge is 0.478 e. The zero-order chi connectivity index (χ0) is 15.1. The quantitative estimate of drug-likeness (QED) is 0.921. The molecule has 2 aromatic carbocycles. The molecule has 3 nitrogen and oxygen atoms in total. The molecule has 3 rings (SSSR count). The topological polar surface area (TPSA) is 40.5 Å². The van der Waals surface area contributed by atoms with Crippen molar-refractivity contribution in [1.82, 2.24) is 0 Å². The van der Waals surface area contributed by atoms with Crippen LogP contribution >= 0.6 is 0 Å². The van der Waals surface area contributed by atoms with E-state index in [-0.39, 0.29) is 5.69 Å². The molecule has 108 valence electrons. The van der Waals surface area contributed by atoms with Crippen molar-refractivity contribution in [3.8, 4) is 0 Å². The molecule has 0 atom stereocenters. The molecule has 6 heteroatoms. The van der Waals surface area contributed by atoms with Gasteiger partial charge in [0.25, 0.3) is 0 Å². The molecule has 1 aliphatic heterocycles. The first-order chi connectivity index (χ1) is 9.99. The lowest BCUT2D eigenvalue weighted by molar-refractivity contribution is 0.0690. The third kappa shape index (κ3) is 2.12. The first-order valence-corrected chi connectivity index (χ1v) is 6.26.